The SMILES string of the molecule is COc1cc([C@H]2[C@@H](N3C(=O)c4c(Cl)c(Cl)c(Cl)c(Cl)c4C3=O)C(=O)N2c2cccc(Cl)c2C)cc(OC)c1OC. The lowest BCUT2D eigenvalue weighted by atomic mass is 9.85. The molecule has 0 aromatic heterocycles. The van der Waals surface area contributed by atoms with Gasteiger partial charge in [-0.2, -0.15) is 0 Å². The quantitative estimate of drug-likeness (QED) is 0.124. The van der Waals surface area contributed by atoms with Crippen molar-refractivity contribution in [1.29, 1.82) is 0 Å². The number of carbonyl (C=O) groups is 3. The Morgan fingerprint density at radius 3 is 1.70 bits per heavy atom. The van der Waals surface area contributed by atoms with E-state index in [-0.39, 0.29) is 31.2 Å². The Morgan fingerprint density at radius 2 is 1.23 bits per heavy atom. The van der Waals surface area contributed by atoms with Crippen molar-refractivity contribution in [3.63, 3.8) is 0 Å². The second-order valence-electron chi connectivity index (χ2n) is 8.93. The predicted molar refractivity (Wildman–Crippen MR) is 153 cm³/mol. The van der Waals surface area contributed by atoms with Gasteiger partial charge in [0.25, 0.3) is 17.7 Å². The summed E-state index contributed by atoms with van der Waals surface area (Å²) >= 11 is 31.4. The molecule has 3 aromatic rings. The molecule has 3 aromatic carbocycles. The average molecular weight is 645 g/mol. The number of halogens is 5. The first-order valence-electron chi connectivity index (χ1n) is 11.6. The number of rotatable bonds is 6. The molecule has 1 fully saturated rings. The third-order valence-electron chi connectivity index (χ3n) is 7.01. The first-order valence-corrected chi connectivity index (χ1v) is 13.5. The van der Waals surface area contributed by atoms with E-state index in [4.69, 9.17) is 72.2 Å². The Labute approximate surface area is 254 Å². The van der Waals surface area contributed by atoms with Crippen molar-refractivity contribution in [1.82, 2.24) is 4.90 Å². The Bertz CT molecular complexity index is 1560. The van der Waals surface area contributed by atoms with Gasteiger partial charge in [0.1, 0.15) is 6.04 Å². The predicted octanol–water partition coefficient (Wildman–Crippen LogP) is 7.04. The summed E-state index contributed by atoms with van der Waals surface area (Å²) in [6, 6.07) is 6.22. The lowest BCUT2D eigenvalue weighted by molar-refractivity contribution is -0.130. The largest absolute Gasteiger partial charge is 0.493 e. The van der Waals surface area contributed by atoms with Crippen molar-refractivity contribution >= 4 is 81.4 Å². The van der Waals surface area contributed by atoms with Crippen LogP contribution in [0.2, 0.25) is 25.1 Å². The highest BCUT2D eigenvalue weighted by atomic mass is 35.5. The van der Waals surface area contributed by atoms with Gasteiger partial charge in [0.2, 0.25) is 5.75 Å². The summed E-state index contributed by atoms with van der Waals surface area (Å²) in [6.07, 6.45) is 0. The summed E-state index contributed by atoms with van der Waals surface area (Å²) in [5.74, 6) is -1.25. The summed E-state index contributed by atoms with van der Waals surface area (Å²) in [5.41, 5.74) is 1.16. The van der Waals surface area contributed by atoms with Crippen molar-refractivity contribution in [3.8, 4) is 17.2 Å². The molecule has 0 aliphatic carbocycles. The zero-order valence-corrected chi connectivity index (χ0v) is 25.1. The monoisotopic (exact) mass is 642 g/mol. The number of hydrogen-bond donors (Lipinski definition) is 0. The standard InChI is InChI=1S/C27H19Cl5N2O6/c1-10-12(28)6-5-7-13(10)33-22(11-8-14(38-2)24(40-4)15(9-11)39-3)23(27(33)37)34-25(35)16-17(26(34)36)19(30)21(32)20(31)18(16)29/h5-9,22-23H,1-4H3/t22-,23+/m0/s1. The number of β-lactam (4-membered cyclic amide) rings is 1. The van der Waals surface area contributed by atoms with Crippen molar-refractivity contribution in [2.75, 3.05) is 26.2 Å². The molecule has 208 valence electrons. The lowest BCUT2D eigenvalue weighted by Gasteiger charge is -2.50. The van der Waals surface area contributed by atoms with Crippen LogP contribution in [0.25, 0.3) is 0 Å². The van der Waals surface area contributed by atoms with Crippen LogP contribution in [0.4, 0.5) is 5.69 Å². The van der Waals surface area contributed by atoms with Gasteiger partial charge in [-0.1, -0.05) is 64.1 Å². The van der Waals surface area contributed by atoms with E-state index < -0.39 is 29.8 Å². The zero-order chi connectivity index (χ0) is 29.2. The Balaban J connectivity index is 1.71. The molecular weight excluding hydrogens is 626 g/mol. The van der Waals surface area contributed by atoms with E-state index in [1.165, 1.54) is 26.2 Å². The van der Waals surface area contributed by atoms with E-state index in [1.807, 2.05) is 0 Å². The number of benzene rings is 3. The number of imide groups is 1. The van der Waals surface area contributed by atoms with E-state index in [0.29, 0.717) is 39.1 Å². The topological polar surface area (TPSA) is 85.4 Å². The van der Waals surface area contributed by atoms with E-state index in [0.717, 1.165) is 4.90 Å². The number of anilines is 1. The van der Waals surface area contributed by atoms with E-state index in [9.17, 15) is 14.4 Å². The van der Waals surface area contributed by atoms with Gasteiger partial charge in [-0.3, -0.25) is 19.3 Å². The minimum Gasteiger partial charge on any atom is -0.493 e. The molecule has 1 saturated heterocycles. The Kier molecular flexibility index (Phi) is 7.52. The third kappa shape index (κ3) is 4.00. The zero-order valence-electron chi connectivity index (χ0n) is 21.3. The van der Waals surface area contributed by atoms with E-state index >= 15 is 0 Å². The van der Waals surface area contributed by atoms with Crippen molar-refractivity contribution in [2.45, 2.75) is 19.0 Å². The molecule has 0 unspecified atom stereocenters. The summed E-state index contributed by atoms with van der Waals surface area (Å²) in [5, 5.41) is -0.378. The number of hydrogen-bond acceptors (Lipinski definition) is 6. The van der Waals surface area contributed by atoms with E-state index in [1.54, 1.807) is 37.3 Å². The maximum absolute atomic E-state index is 13.9. The molecule has 0 radical (unpaired) electrons. The molecule has 0 bridgehead atoms. The molecule has 3 amide bonds. The van der Waals surface area contributed by atoms with Crippen LogP contribution in [0.15, 0.2) is 30.3 Å². The number of methoxy groups -OCH3 is 3. The number of amides is 3. The molecule has 2 aliphatic rings. The second-order valence-corrected chi connectivity index (χ2v) is 10.8. The van der Waals surface area contributed by atoms with E-state index in [2.05, 4.69) is 0 Å². The van der Waals surface area contributed by atoms with Gasteiger partial charge in [-0.05, 0) is 42.3 Å². The summed E-state index contributed by atoms with van der Waals surface area (Å²) in [6.45, 7) is 1.76. The number of carbonyl (C=O) groups excluding carboxylic acids is 3. The molecule has 0 saturated carbocycles. The number of ether oxygens (including phenoxy) is 3. The van der Waals surface area contributed by atoms with Crippen LogP contribution in [0, 0.1) is 6.92 Å². The lowest BCUT2D eigenvalue weighted by Crippen LogP contribution is -2.67. The molecule has 0 spiro atoms. The van der Waals surface area contributed by atoms with Crippen LogP contribution in [0.3, 0.4) is 0 Å². The van der Waals surface area contributed by atoms with Crippen molar-refractivity contribution in [2.24, 2.45) is 0 Å². The number of fused-ring (bicyclic) bond motifs is 1. The van der Waals surface area contributed by atoms with Gasteiger partial charge < -0.3 is 19.1 Å². The van der Waals surface area contributed by atoms with Crippen molar-refractivity contribution in [3.05, 3.63) is 77.7 Å². The van der Waals surface area contributed by atoms with Gasteiger partial charge in [0.15, 0.2) is 11.5 Å². The molecule has 2 atom stereocenters. The van der Waals surface area contributed by atoms with Crippen LogP contribution < -0.4 is 19.1 Å². The van der Waals surface area contributed by atoms with Crippen molar-refractivity contribution < 1.29 is 28.6 Å². The first kappa shape index (κ1) is 28.6. The Morgan fingerprint density at radius 1 is 0.700 bits per heavy atom. The van der Waals surface area contributed by atoms with Crippen LogP contribution in [0.1, 0.15) is 37.9 Å². The summed E-state index contributed by atoms with van der Waals surface area (Å²) in [4.78, 5) is 43.6. The second kappa shape index (κ2) is 10.5. The number of nitrogens with zero attached hydrogens (tertiary/aromatic N) is 2. The maximum atomic E-state index is 13.9. The van der Waals surface area contributed by atoms with Crippen LogP contribution >= 0.6 is 58.0 Å². The smallest absolute Gasteiger partial charge is 0.264 e. The Hall–Kier alpha value is -2.88. The van der Waals surface area contributed by atoms with Crippen LogP contribution in [0.5, 0.6) is 17.2 Å². The van der Waals surface area contributed by atoms with Crippen LogP contribution in [-0.4, -0.2) is 50.0 Å². The van der Waals surface area contributed by atoms with Gasteiger partial charge in [-0.25, -0.2) is 0 Å². The van der Waals surface area contributed by atoms with Crippen LogP contribution in [-0.2, 0) is 4.79 Å². The third-order valence-corrected chi connectivity index (χ3v) is 9.22. The molecule has 13 heteroatoms. The summed E-state index contributed by atoms with van der Waals surface area (Å²) < 4.78 is 16.5. The van der Waals surface area contributed by atoms with Gasteiger partial charge in [-0.15, -0.1) is 0 Å². The molecule has 8 nitrogen and oxygen atoms in total. The molecule has 2 heterocycles. The fourth-order valence-electron chi connectivity index (χ4n) is 5.07. The molecular formula is C27H19Cl5N2O6. The highest BCUT2D eigenvalue weighted by molar-refractivity contribution is 6.55. The highest BCUT2D eigenvalue weighted by Crippen LogP contribution is 2.51. The highest BCUT2D eigenvalue weighted by Gasteiger charge is 2.59. The van der Waals surface area contributed by atoms with Gasteiger partial charge >= 0.3 is 0 Å². The fraction of sp³-hybridized carbons (Fsp3) is 0.222. The first-order chi connectivity index (χ1) is 19.0. The fourth-order valence-corrected chi connectivity index (χ4v) is 6.26. The average Bonchev–Trinajstić information content (AvgIpc) is 3.20. The molecule has 0 N–H and O–H groups in total. The molecule has 5 rings (SSSR count). The minimum absolute atomic E-state index is 0.174. The molecule has 2 aliphatic heterocycles. The normalized spacial score (nSPS) is 18.2. The summed E-state index contributed by atoms with van der Waals surface area (Å²) in [7, 11) is 4.36. The van der Waals surface area contributed by atoms with Gasteiger partial charge in [0, 0.05) is 10.7 Å². The minimum atomic E-state index is -1.29. The maximum Gasteiger partial charge on any atom is 0.264 e. The van der Waals surface area contributed by atoms with Gasteiger partial charge in [0.05, 0.1) is 58.6 Å². The molecule has 40 heavy (non-hydrogen) atoms.